The van der Waals surface area contributed by atoms with Gasteiger partial charge in [0.05, 0.1) is 12.2 Å². The van der Waals surface area contributed by atoms with Crippen molar-refractivity contribution in [1.29, 1.82) is 0 Å². The molecule has 0 aliphatic carbocycles. The van der Waals surface area contributed by atoms with Crippen LogP contribution in [0.2, 0.25) is 0 Å². The molecular weight excluding hydrogens is 306 g/mol. The molecule has 0 saturated heterocycles. The quantitative estimate of drug-likeness (QED) is 0.765. The fourth-order valence-corrected chi connectivity index (χ4v) is 2.34. The van der Waals surface area contributed by atoms with E-state index in [4.69, 9.17) is 10.5 Å². The van der Waals surface area contributed by atoms with Gasteiger partial charge in [0.15, 0.2) is 5.75 Å². The molecule has 0 radical (unpaired) electrons. The van der Waals surface area contributed by atoms with Crippen LogP contribution in [-0.2, 0) is 25.0 Å². The Balaban J connectivity index is 2.05. The van der Waals surface area contributed by atoms with Crippen LogP contribution in [0.25, 0.3) is 0 Å². The van der Waals surface area contributed by atoms with E-state index in [2.05, 4.69) is 5.32 Å². The molecule has 6 nitrogen and oxygen atoms in total. The van der Waals surface area contributed by atoms with Crippen molar-refractivity contribution in [3.05, 3.63) is 64.1 Å². The summed E-state index contributed by atoms with van der Waals surface area (Å²) in [5, 5.41) is 3.06. The lowest BCUT2D eigenvalue weighted by Gasteiger charge is -2.16. The van der Waals surface area contributed by atoms with Gasteiger partial charge in [-0.2, -0.15) is 0 Å². The van der Waals surface area contributed by atoms with Crippen molar-refractivity contribution < 1.29 is 9.53 Å². The number of hydrogen-bond donors (Lipinski definition) is 2. The van der Waals surface area contributed by atoms with Gasteiger partial charge in [0.25, 0.3) is 0 Å². The highest BCUT2D eigenvalue weighted by Gasteiger charge is 2.13. The molecule has 0 fully saturated rings. The number of nitrogens with zero attached hydrogens (tertiary/aromatic N) is 1. The number of amides is 1. The largest absolute Gasteiger partial charge is 0.483 e. The fraction of sp³-hybridized carbons (Fsp3) is 0.333. The normalized spacial score (nSPS) is 11.9. The van der Waals surface area contributed by atoms with Crippen molar-refractivity contribution >= 4 is 5.91 Å². The van der Waals surface area contributed by atoms with Crippen LogP contribution in [0.1, 0.15) is 24.6 Å². The van der Waals surface area contributed by atoms with Crippen LogP contribution in [0, 0.1) is 0 Å². The summed E-state index contributed by atoms with van der Waals surface area (Å²) >= 11 is 0. The molecule has 1 amide bonds. The monoisotopic (exact) mass is 329 g/mol. The smallest absolute Gasteiger partial charge is 0.234 e. The van der Waals surface area contributed by atoms with E-state index in [9.17, 15) is 9.59 Å². The number of pyridine rings is 1. The maximum absolute atomic E-state index is 12.2. The molecule has 6 heteroatoms. The van der Waals surface area contributed by atoms with Crippen LogP contribution in [0.3, 0.4) is 0 Å². The van der Waals surface area contributed by atoms with Crippen LogP contribution in [0.5, 0.6) is 5.75 Å². The molecule has 0 bridgehead atoms. The molecule has 0 saturated carbocycles. The Bertz CT molecular complexity index is 741. The van der Waals surface area contributed by atoms with Gasteiger partial charge in [-0.3, -0.25) is 9.59 Å². The average Bonchev–Trinajstić information content (AvgIpc) is 2.57. The summed E-state index contributed by atoms with van der Waals surface area (Å²) < 4.78 is 7.42. The third-order valence-electron chi connectivity index (χ3n) is 3.82. The van der Waals surface area contributed by atoms with Crippen molar-refractivity contribution in [2.24, 2.45) is 12.8 Å². The predicted molar refractivity (Wildman–Crippen MR) is 92.6 cm³/mol. The van der Waals surface area contributed by atoms with Gasteiger partial charge in [-0.15, -0.1) is 0 Å². The highest BCUT2D eigenvalue weighted by atomic mass is 16.5. The van der Waals surface area contributed by atoms with E-state index >= 15 is 0 Å². The van der Waals surface area contributed by atoms with Gasteiger partial charge in [-0.1, -0.05) is 37.3 Å². The molecule has 0 spiro atoms. The molecular formula is C18H23N3O3. The first-order chi connectivity index (χ1) is 11.5. The molecule has 1 atom stereocenters. The molecule has 1 unspecified atom stereocenters. The Hall–Kier alpha value is -2.60. The van der Waals surface area contributed by atoms with Gasteiger partial charge in [0, 0.05) is 25.4 Å². The molecule has 1 heterocycles. The highest BCUT2D eigenvalue weighted by molar-refractivity contribution is 5.79. The number of carbonyl (C=O) groups is 1. The first-order valence-electron chi connectivity index (χ1n) is 7.90. The lowest BCUT2D eigenvalue weighted by Crippen LogP contribution is -2.40. The molecule has 3 N–H and O–H groups in total. The van der Waals surface area contributed by atoms with Crippen molar-refractivity contribution in [2.45, 2.75) is 32.5 Å². The predicted octanol–water partition coefficient (Wildman–Crippen LogP) is 1.32. The van der Waals surface area contributed by atoms with Gasteiger partial charge in [0.2, 0.25) is 11.3 Å². The summed E-state index contributed by atoms with van der Waals surface area (Å²) in [5.41, 5.74) is 6.88. The first-order valence-corrected chi connectivity index (χ1v) is 7.90. The Morgan fingerprint density at radius 1 is 1.33 bits per heavy atom. The van der Waals surface area contributed by atoms with Crippen molar-refractivity contribution in [2.75, 3.05) is 0 Å². The summed E-state index contributed by atoms with van der Waals surface area (Å²) in [4.78, 5) is 23.5. The third kappa shape index (κ3) is 4.70. The number of nitrogens with one attached hydrogen (secondary N) is 1. The van der Waals surface area contributed by atoms with Crippen LogP contribution in [-0.4, -0.2) is 16.5 Å². The van der Waals surface area contributed by atoms with Gasteiger partial charge in [-0.25, -0.2) is 0 Å². The van der Waals surface area contributed by atoms with Crippen LogP contribution in [0.4, 0.5) is 0 Å². The second-order valence-corrected chi connectivity index (χ2v) is 5.62. The maximum Gasteiger partial charge on any atom is 0.234 e. The number of benzene rings is 1. The molecule has 0 aliphatic rings. The van der Waals surface area contributed by atoms with Gasteiger partial charge >= 0.3 is 0 Å². The number of aromatic nitrogens is 1. The third-order valence-corrected chi connectivity index (χ3v) is 3.82. The van der Waals surface area contributed by atoms with E-state index in [1.54, 1.807) is 6.20 Å². The minimum Gasteiger partial charge on any atom is -0.483 e. The van der Waals surface area contributed by atoms with Crippen molar-refractivity contribution in [1.82, 2.24) is 9.88 Å². The fourth-order valence-electron chi connectivity index (χ4n) is 2.34. The number of aryl methyl sites for hydroxylation is 1. The SMILES string of the molecule is CCC(NCc1cc(=O)c(OCc2ccccc2)cn1C)C(N)=O. The van der Waals surface area contributed by atoms with Crippen LogP contribution in [0.15, 0.2) is 47.4 Å². The second kappa shape index (κ2) is 8.31. The summed E-state index contributed by atoms with van der Waals surface area (Å²) in [7, 11) is 1.83. The summed E-state index contributed by atoms with van der Waals surface area (Å²) in [6.45, 7) is 2.60. The average molecular weight is 329 g/mol. The Morgan fingerprint density at radius 3 is 2.67 bits per heavy atom. The maximum atomic E-state index is 12.2. The summed E-state index contributed by atoms with van der Waals surface area (Å²) in [6, 6.07) is 10.8. The zero-order chi connectivity index (χ0) is 17.5. The number of nitrogens with two attached hydrogens (primary N) is 1. The molecule has 0 aliphatic heterocycles. The Morgan fingerprint density at radius 2 is 2.04 bits per heavy atom. The minimum absolute atomic E-state index is 0.187. The molecule has 2 rings (SSSR count). The van der Waals surface area contributed by atoms with Gasteiger partial charge in [-0.05, 0) is 12.0 Å². The Kier molecular flexibility index (Phi) is 6.14. The number of ether oxygens (including phenoxy) is 1. The van der Waals surface area contributed by atoms with Crippen molar-refractivity contribution in [3.8, 4) is 5.75 Å². The van der Waals surface area contributed by atoms with Crippen molar-refractivity contribution in [3.63, 3.8) is 0 Å². The topological polar surface area (TPSA) is 86.3 Å². The van der Waals surface area contributed by atoms with E-state index in [1.165, 1.54) is 6.07 Å². The van der Waals surface area contributed by atoms with Gasteiger partial charge < -0.3 is 20.4 Å². The number of rotatable bonds is 8. The zero-order valence-corrected chi connectivity index (χ0v) is 14.0. The highest BCUT2D eigenvalue weighted by Crippen LogP contribution is 2.09. The van der Waals surface area contributed by atoms with E-state index in [-0.39, 0.29) is 5.43 Å². The van der Waals surface area contributed by atoms with Crippen LogP contribution >= 0.6 is 0 Å². The first kappa shape index (κ1) is 17.7. The summed E-state index contributed by atoms with van der Waals surface area (Å²) in [5.74, 6) is -0.0997. The molecule has 128 valence electrons. The van der Waals surface area contributed by atoms with Gasteiger partial charge in [0.1, 0.15) is 6.61 Å². The second-order valence-electron chi connectivity index (χ2n) is 5.62. The number of primary amides is 1. The number of hydrogen-bond acceptors (Lipinski definition) is 4. The van der Waals surface area contributed by atoms with E-state index in [1.807, 2.05) is 48.9 Å². The Labute approximate surface area is 141 Å². The molecule has 1 aromatic heterocycles. The van der Waals surface area contributed by atoms with E-state index < -0.39 is 11.9 Å². The lowest BCUT2D eigenvalue weighted by molar-refractivity contribution is -0.120. The summed E-state index contributed by atoms with van der Waals surface area (Å²) in [6.07, 6.45) is 2.26. The number of carbonyl (C=O) groups excluding carboxylic acids is 1. The molecule has 1 aromatic carbocycles. The van der Waals surface area contributed by atoms with E-state index in [0.29, 0.717) is 25.3 Å². The van der Waals surface area contributed by atoms with E-state index in [0.717, 1.165) is 11.3 Å². The minimum atomic E-state index is -0.408. The standard InChI is InChI=1S/C18H23N3O3/c1-3-15(18(19)23)20-10-14-9-16(22)17(11-21(14)2)24-12-13-7-5-4-6-8-13/h4-9,11,15,20H,3,10,12H2,1-2H3,(H2,19,23). The zero-order valence-electron chi connectivity index (χ0n) is 14.0. The lowest BCUT2D eigenvalue weighted by atomic mass is 10.2. The van der Waals surface area contributed by atoms with Crippen LogP contribution < -0.4 is 21.2 Å². The molecule has 2 aromatic rings. The molecule has 24 heavy (non-hydrogen) atoms.